The van der Waals surface area contributed by atoms with E-state index in [0.717, 1.165) is 25.7 Å². The van der Waals surface area contributed by atoms with Crippen LogP contribution in [0.3, 0.4) is 0 Å². The summed E-state index contributed by atoms with van der Waals surface area (Å²) in [6.07, 6.45) is 16.4. The molecule has 1 aromatic heterocycles. The predicted octanol–water partition coefficient (Wildman–Crippen LogP) is 4.08. The summed E-state index contributed by atoms with van der Waals surface area (Å²) in [4.78, 5) is 0. The fourth-order valence-corrected chi connectivity index (χ4v) is 2.51. The Morgan fingerprint density at radius 2 is 2.00 bits per heavy atom. The lowest BCUT2D eigenvalue weighted by Crippen LogP contribution is -2.34. The van der Waals surface area contributed by atoms with Crippen LogP contribution >= 0.6 is 0 Å². The Kier molecular flexibility index (Phi) is 4.65. The van der Waals surface area contributed by atoms with Crippen molar-refractivity contribution in [2.24, 2.45) is 0 Å². The molecule has 0 aliphatic heterocycles. The first-order valence-electron chi connectivity index (χ1n) is 7.28. The van der Waals surface area contributed by atoms with E-state index in [1.807, 2.05) is 6.08 Å². The highest BCUT2D eigenvalue weighted by atomic mass is 16.3. The van der Waals surface area contributed by atoms with Crippen molar-refractivity contribution >= 4 is 0 Å². The predicted molar refractivity (Wildman–Crippen MR) is 75.6 cm³/mol. The van der Waals surface area contributed by atoms with Gasteiger partial charge in [-0.3, -0.25) is 0 Å². The molecule has 1 aliphatic rings. The minimum atomic E-state index is -0.504. The normalized spacial score (nSPS) is 19.9. The van der Waals surface area contributed by atoms with Crippen LogP contribution in [0.25, 0.3) is 0 Å². The number of aromatic nitrogens is 1. The van der Waals surface area contributed by atoms with Crippen molar-refractivity contribution in [3.8, 4) is 0 Å². The van der Waals surface area contributed by atoms with Gasteiger partial charge in [0, 0.05) is 12.4 Å². The minimum absolute atomic E-state index is 0.399. The number of hydrogen-bond acceptors (Lipinski definition) is 1. The van der Waals surface area contributed by atoms with E-state index in [0.29, 0.717) is 6.04 Å². The highest BCUT2D eigenvalue weighted by Crippen LogP contribution is 2.33. The van der Waals surface area contributed by atoms with E-state index in [2.05, 4.69) is 42.1 Å². The van der Waals surface area contributed by atoms with Gasteiger partial charge in [-0.05, 0) is 37.8 Å². The number of nitrogens with zero attached hydrogens (tertiary/aromatic N) is 1. The summed E-state index contributed by atoms with van der Waals surface area (Å²) in [6.45, 7) is 2.23. The van der Waals surface area contributed by atoms with E-state index in [4.69, 9.17) is 0 Å². The summed E-state index contributed by atoms with van der Waals surface area (Å²) in [5.41, 5.74) is -0.504. The van der Waals surface area contributed by atoms with Crippen molar-refractivity contribution in [3.05, 3.63) is 36.7 Å². The third-order valence-corrected chi connectivity index (χ3v) is 3.96. The smallest absolute Gasteiger partial charge is 0.0828 e. The van der Waals surface area contributed by atoms with Crippen LogP contribution < -0.4 is 0 Å². The highest BCUT2D eigenvalue weighted by Gasteiger charge is 2.31. The van der Waals surface area contributed by atoms with E-state index in [1.54, 1.807) is 0 Å². The topological polar surface area (TPSA) is 25.2 Å². The Balaban J connectivity index is 1.96. The highest BCUT2D eigenvalue weighted by molar-refractivity contribution is 5.09. The Labute approximate surface area is 110 Å². The molecule has 100 valence electrons. The summed E-state index contributed by atoms with van der Waals surface area (Å²) >= 11 is 0. The molecule has 1 heterocycles. The van der Waals surface area contributed by atoms with Crippen molar-refractivity contribution in [2.75, 3.05) is 0 Å². The van der Waals surface area contributed by atoms with Crippen LogP contribution in [0.1, 0.15) is 57.9 Å². The number of rotatable bonds is 7. The number of hydrogen-bond donors (Lipinski definition) is 1. The van der Waals surface area contributed by atoms with Gasteiger partial charge in [-0.15, -0.1) is 0 Å². The molecule has 1 aromatic rings. The molecule has 1 fully saturated rings. The van der Waals surface area contributed by atoms with Gasteiger partial charge in [0.15, 0.2) is 0 Å². The average molecular weight is 247 g/mol. The maximum atomic E-state index is 10.1. The van der Waals surface area contributed by atoms with Gasteiger partial charge in [0.1, 0.15) is 0 Å². The molecule has 18 heavy (non-hydrogen) atoms. The zero-order chi connectivity index (χ0) is 12.8. The molecule has 0 saturated heterocycles. The number of allylic oxidation sites excluding steroid dienone is 1. The quantitative estimate of drug-likeness (QED) is 0.570. The Hall–Kier alpha value is -1.02. The van der Waals surface area contributed by atoms with Gasteiger partial charge in [-0.25, -0.2) is 0 Å². The summed E-state index contributed by atoms with van der Waals surface area (Å²) in [7, 11) is 0. The van der Waals surface area contributed by atoms with Gasteiger partial charge in [-0.1, -0.05) is 38.3 Å². The monoisotopic (exact) mass is 247 g/mol. The molecule has 0 spiro atoms. The van der Waals surface area contributed by atoms with E-state index in [9.17, 15) is 5.11 Å². The first kappa shape index (κ1) is 13.4. The number of aliphatic hydroxyl groups is 1. The fourth-order valence-electron chi connectivity index (χ4n) is 2.51. The van der Waals surface area contributed by atoms with Crippen molar-refractivity contribution in [1.82, 2.24) is 4.57 Å². The Bertz CT molecular complexity index is 362. The molecule has 2 nitrogen and oxygen atoms in total. The second-order valence-corrected chi connectivity index (χ2v) is 5.51. The third-order valence-electron chi connectivity index (χ3n) is 3.96. The third kappa shape index (κ3) is 3.49. The molecule has 2 rings (SSSR count). The van der Waals surface area contributed by atoms with E-state index in [1.165, 1.54) is 19.3 Å². The zero-order valence-electron chi connectivity index (χ0n) is 11.4. The molecule has 0 aromatic carbocycles. The van der Waals surface area contributed by atoms with Gasteiger partial charge < -0.3 is 9.67 Å². The SMILES string of the molecule is CCCCCC(/C=C/C1(O)CCC1)n1cccc1. The maximum absolute atomic E-state index is 10.1. The molecule has 0 bridgehead atoms. The van der Waals surface area contributed by atoms with Crippen LogP contribution in [0.4, 0.5) is 0 Å². The van der Waals surface area contributed by atoms with Crippen molar-refractivity contribution in [3.63, 3.8) is 0 Å². The van der Waals surface area contributed by atoms with Crippen LogP contribution in [-0.4, -0.2) is 15.3 Å². The van der Waals surface area contributed by atoms with Gasteiger partial charge in [-0.2, -0.15) is 0 Å². The van der Waals surface area contributed by atoms with Gasteiger partial charge in [0.05, 0.1) is 11.6 Å². The number of unbranched alkanes of at least 4 members (excludes halogenated alkanes) is 2. The summed E-state index contributed by atoms with van der Waals surface area (Å²) < 4.78 is 2.24. The lowest BCUT2D eigenvalue weighted by Gasteiger charge is -2.34. The summed E-state index contributed by atoms with van der Waals surface area (Å²) in [5.74, 6) is 0. The fraction of sp³-hybridized carbons (Fsp3) is 0.625. The molecule has 1 N–H and O–H groups in total. The minimum Gasteiger partial charge on any atom is -0.386 e. The van der Waals surface area contributed by atoms with E-state index in [-0.39, 0.29) is 0 Å². The molecule has 1 aliphatic carbocycles. The molecular weight excluding hydrogens is 222 g/mol. The largest absolute Gasteiger partial charge is 0.386 e. The first-order valence-corrected chi connectivity index (χ1v) is 7.28. The molecule has 0 radical (unpaired) electrons. The molecular formula is C16H25NO. The first-order chi connectivity index (χ1) is 8.73. The summed E-state index contributed by atoms with van der Waals surface area (Å²) in [5, 5.41) is 10.1. The molecule has 2 heteroatoms. The average Bonchev–Trinajstić information content (AvgIpc) is 2.85. The van der Waals surface area contributed by atoms with Crippen LogP contribution in [0.2, 0.25) is 0 Å². The van der Waals surface area contributed by atoms with Crippen molar-refractivity contribution in [2.45, 2.75) is 63.5 Å². The van der Waals surface area contributed by atoms with Gasteiger partial charge >= 0.3 is 0 Å². The van der Waals surface area contributed by atoms with Gasteiger partial charge in [0.2, 0.25) is 0 Å². The van der Waals surface area contributed by atoms with Crippen molar-refractivity contribution in [1.29, 1.82) is 0 Å². The lowest BCUT2D eigenvalue weighted by molar-refractivity contribution is 0.0137. The second kappa shape index (κ2) is 6.24. The van der Waals surface area contributed by atoms with Crippen LogP contribution in [0, 0.1) is 0 Å². The van der Waals surface area contributed by atoms with Crippen molar-refractivity contribution < 1.29 is 5.11 Å². The Morgan fingerprint density at radius 1 is 1.28 bits per heavy atom. The second-order valence-electron chi connectivity index (χ2n) is 5.51. The Morgan fingerprint density at radius 3 is 2.56 bits per heavy atom. The van der Waals surface area contributed by atoms with Gasteiger partial charge in [0.25, 0.3) is 0 Å². The molecule has 1 unspecified atom stereocenters. The van der Waals surface area contributed by atoms with Crippen LogP contribution in [-0.2, 0) is 0 Å². The zero-order valence-corrected chi connectivity index (χ0v) is 11.4. The van der Waals surface area contributed by atoms with Crippen LogP contribution in [0.15, 0.2) is 36.7 Å². The molecule has 1 atom stereocenters. The maximum Gasteiger partial charge on any atom is 0.0828 e. The molecule has 1 saturated carbocycles. The standard InChI is InChI=1S/C16H25NO/c1-2-3-4-8-15(17-13-5-6-14-17)9-12-16(18)10-7-11-16/h5-6,9,12-15,18H,2-4,7-8,10-11H2,1H3/b12-9+. The molecule has 0 amide bonds. The summed E-state index contributed by atoms with van der Waals surface area (Å²) in [6, 6.07) is 4.54. The van der Waals surface area contributed by atoms with E-state index < -0.39 is 5.60 Å². The van der Waals surface area contributed by atoms with E-state index >= 15 is 0 Å². The van der Waals surface area contributed by atoms with Crippen LogP contribution in [0.5, 0.6) is 0 Å². The lowest BCUT2D eigenvalue weighted by atomic mass is 9.80.